The number of aliphatic imine (C=N–C) groups is 1. The van der Waals surface area contributed by atoms with E-state index in [0.29, 0.717) is 19.6 Å². The first-order chi connectivity index (χ1) is 19.5. The Hall–Kier alpha value is -3.85. The summed E-state index contributed by atoms with van der Waals surface area (Å²) in [7, 11) is 5.37. The molecule has 3 N–H and O–H groups in total. The Balaban J connectivity index is 0.000000675. The number of hydrogen-bond donors (Lipinski definition) is 3. The first-order valence-corrected chi connectivity index (χ1v) is 13.4. The number of aliphatic hydroxyl groups is 1. The minimum atomic E-state index is 0.120. The maximum Gasteiger partial charge on any atom is 0.123 e. The van der Waals surface area contributed by atoms with Crippen LogP contribution in [-0.4, -0.2) is 67.2 Å². The van der Waals surface area contributed by atoms with Gasteiger partial charge in [-0.3, -0.25) is 5.10 Å². The zero-order chi connectivity index (χ0) is 30.2. The summed E-state index contributed by atoms with van der Waals surface area (Å²) in [6.07, 6.45) is 13.0. The van der Waals surface area contributed by atoms with E-state index >= 15 is 0 Å². The van der Waals surface area contributed by atoms with E-state index in [2.05, 4.69) is 51.9 Å². The molecule has 0 fully saturated rings. The number of carbonyl (C=O) groups is 1. The molecule has 0 bridgehead atoms. The minimum Gasteiger partial charge on any atom is -0.395 e. The van der Waals surface area contributed by atoms with Crippen LogP contribution in [0.15, 0.2) is 90.4 Å². The summed E-state index contributed by atoms with van der Waals surface area (Å²) in [5.74, 6) is 0. The topological polar surface area (TPSA) is 103 Å². The van der Waals surface area contributed by atoms with Crippen LogP contribution in [0.4, 0.5) is 0 Å². The van der Waals surface area contributed by atoms with E-state index in [1.165, 1.54) is 0 Å². The molecule has 3 rings (SSSR count). The van der Waals surface area contributed by atoms with Crippen LogP contribution in [0.25, 0.3) is 11.1 Å². The summed E-state index contributed by atoms with van der Waals surface area (Å²) in [4.78, 5) is 16.6. The molecule has 1 aromatic carbocycles. The van der Waals surface area contributed by atoms with E-state index in [0.717, 1.165) is 52.1 Å². The van der Waals surface area contributed by atoms with Crippen LogP contribution in [0.1, 0.15) is 50.4 Å². The molecule has 1 aliphatic heterocycles. The van der Waals surface area contributed by atoms with Gasteiger partial charge in [0.1, 0.15) is 6.29 Å². The predicted molar refractivity (Wildman–Crippen MR) is 169 cm³/mol. The SMILES string of the molecule is C=C(/C=C\CC=O)c1cn[nH]c1COC.C=C/C(=C1\C/C(=C\C)N(CCO)C=N1)c1ccccc1.CC.CNC. The van der Waals surface area contributed by atoms with E-state index in [4.69, 9.17) is 9.84 Å². The van der Waals surface area contributed by atoms with Gasteiger partial charge in [0.05, 0.1) is 37.1 Å². The van der Waals surface area contributed by atoms with Gasteiger partial charge in [-0.25, -0.2) is 4.99 Å². The predicted octanol–water partition coefficient (Wildman–Crippen LogP) is 5.79. The van der Waals surface area contributed by atoms with Crippen LogP contribution in [-0.2, 0) is 16.1 Å². The van der Waals surface area contributed by atoms with Crippen LogP contribution in [0.5, 0.6) is 0 Å². The Morgan fingerprint density at radius 1 is 1.25 bits per heavy atom. The molecule has 1 aliphatic rings. The van der Waals surface area contributed by atoms with Crippen molar-refractivity contribution in [3.8, 4) is 0 Å². The average Bonchev–Trinajstić information content (AvgIpc) is 3.45. The minimum absolute atomic E-state index is 0.120. The number of allylic oxidation sites excluding steroid dienone is 6. The zero-order valence-electron chi connectivity index (χ0n) is 25.0. The lowest BCUT2D eigenvalue weighted by molar-refractivity contribution is -0.107. The Morgan fingerprint density at radius 2 is 1.93 bits per heavy atom. The fourth-order valence-corrected chi connectivity index (χ4v) is 3.49. The summed E-state index contributed by atoms with van der Waals surface area (Å²) in [6.45, 7) is 15.0. The summed E-state index contributed by atoms with van der Waals surface area (Å²) in [5.41, 5.74) is 6.97. The van der Waals surface area contributed by atoms with Gasteiger partial charge in [0.15, 0.2) is 0 Å². The highest BCUT2D eigenvalue weighted by atomic mass is 16.5. The van der Waals surface area contributed by atoms with Gasteiger partial charge in [0.25, 0.3) is 0 Å². The number of aldehydes is 1. The maximum absolute atomic E-state index is 10.1. The molecule has 0 saturated carbocycles. The molecule has 8 nitrogen and oxygen atoms in total. The highest BCUT2D eigenvalue weighted by molar-refractivity contribution is 5.79. The van der Waals surface area contributed by atoms with Crippen molar-refractivity contribution in [2.45, 2.75) is 40.2 Å². The van der Waals surface area contributed by atoms with Gasteiger partial charge in [0, 0.05) is 43.3 Å². The number of nitrogens with one attached hydrogen (secondary N) is 2. The quantitative estimate of drug-likeness (QED) is 0.256. The monoisotopic (exact) mass is 549 g/mol. The van der Waals surface area contributed by atoms with E-state index in [1.54, 1.807) is 31.8 Å². The van der Waals surface area contributed by atoms with Crippen molar-refractivity contribution in [1.82, 2.24) is 20.4 Å². The third-order valence-corrected chi connectivity index (χ3v) is 5.25. The second-order valence-corrected chi connectivity index (χ2v) is 8.07. The lowest BCUT2D eigenvalue weighted by atomic mass is 10.0. The van der Waals surface area contributed by atoms with Crippen LogP contribution in [0.3, 0.4) is 0 Å². The second kappa shape index (κ2) is 23.1. The van der Waals surface area contributed by atoms with E-state index < -0.39 is 0 Å². The van der Waals surface area contributed by atoms with Crippen molar-refractivity contribution in [2.24, 2.45) is 4.99 Å². The number of aromatic amines is 1. The standard InChI is InChI=1S/C17H20N2O.C11H14N2O2.C2H7N.C2H6/c1-3-15-12-17(18-13-19(15)10-11-20)16(4-2)14-8-6-5-7-9-14;1-9(5-3-4-6-14)10-7-12-13-11(10)8-15-2;1-3-2;1-2/h3-9,13,20H,2,10-12H2,1H3;3,5-7H,1,4,8H2,2H3,(H,12,13);3H,1-2H3;1-2H3/b15-3+,17-16-;5-3-;;. The Kier molecular flexibility index (Phi) is 20.9. The summed E-state index contributed by atoms with van der Waals surface area (Å²) in [5, 5.41) is 18.6. The van der Waals surface area contributed by atoms with E-state index in [9.17, 15) is 4.79 Å². The van der Waals surface area contributed by atoms with Crippen LogP contribution in [0, 0.1) is 0 Å². The van der Waals surface area contributed by atoms with Crippen molar-refractivity contribution in [1.29, 1.82) is 0 Å². The summed E-state index contributed by atoms with van der Waals surface area (Å²) in [6, 6.07) is 10.2. The number of methoxy groups -OCH3 is 1. The van der Waals surface area contributed by atoms with Crippen LogP contribution < -0.4 is 5.32 Å². The molecular weight excluding hydrogens is 502 g/mol. The lowest BCUT2D eigenvalue weighted by Gasteiger charge is -2.27. The molecule has 0 spiro atoms. The molecule has 0 aliphatic carbocycles. The van der Waals surface area contributed by atoms with Gasteiger partial charge >= 0.3 is 0 Å². The zero-order valence-corrected chi connectivity index (χ0v) is 25.0. The molecule has 1 aromatic heterocycles. The van der Waals surface area contributed by atoms with Crippen molar-refractivity contribution in [2.75, 3.05) is 34.4 Å². The van der Waals surface area contributed by atoms with Crippen molar-refractivity contribution < 1.29 is 14.6 Å². The number of aliphatic hydroxyl groups excluding tert-OH is 1. The highest BCUT2D eigenvalue weighted by Crippen LogP contribution is 2.28. The molecule has 0 unspecified atom stereocenters. The number of hydrogen-bond acceptors (Lipinski definition) is 7. The van der Waals surface area contributed by atoms with Crippen molar-refractivity contribution in [3.05, 3.63) is 102 Å². The number of H-pyrrole nitrogens is 1. The number of benzene rings is 1. The van der Waals surface area contributed by atoms with Crippen molar-refractivity contribution in [3.63, 3.8) is 0 Å². The molecule has 2 heterocycles. The van der Waals surface area contributed by atoms with Crippen LogP contribution >= 0.6 is 0 Å². The van der Waals surface area contributed by atoms with Gasteiger partial charge < -0.3 is 24.9 Å². The number of β-amino-alcohol motifs (C(OH)–C–C–N with tert-alkyl or cyclic N) is 1. The molecule has 0 atom stereocenters. The highest BCUT2D eigenvalue weighted by Gasteiger charge is 2.16. The molecule has 2 aromatic rings. The Bertz CT molecular complexity index is 1110. The van der Waals surface area contributed by atoms with Crippen LogP contribution in [0.2, 0.25) is 0 Å². The van der Waals surface area contributed by atoms with Gasteiger partial charge in [0.2, 0.25) is 0 Å². The van der Waals surface area contributed by atoms with Gasteiger partial charge in [-0.2, -0.15) is 5.10 Å². The van der Waals surface area contributed by atoms with Gasteiger partial charge in [-0.1, -0.05) is 81.6 Å². The first kappa shape index (κ1) is 36.1. The Labute approximate surface area is 240 Å². The summed E-state index contributed by atoms with van der Waals surface area (Å²) >= 11 is 0. The van der Waals surface area contributed by atoms with Crippen molar-refractivity contribution >= 4 is 23.8 Å². The number of nitrogens with zero attached hydrogens (tertiary/aromatic N) is 3. The number of ether oxygens (including phenoxy) is 1. The molecule has 40 heavy (non-hydrogen) atoms. The molecule has 0 amide bonds. The lowest BCUT2D eigenvalue weighted by Crippen LogP contribution is -2.27. The number of carbonyl (C=O) groups excluding carboxylic acids is 1. The normalized spacial score (nSPS) is 14.3. The number of rotatable bonds is 10. The molecule has 0 saturated heterocycles. The fraction of sp³-hybridized carbons (Fsp3) is 0.344. The second-order valence-electron chi connectivity index (χ2n) is 8.07. The largest absolute Gasteiger partial charge is 0.395 e. The van der Waals surface area contributed by atoms with E-state index in [-0.39, 0.29) is 6.61 Å². The third kappa shape index (κ3) is 12.8. The third-order valence-electron chi connectivity index (χ3n) is 5.25. The molecular formula is C32H47N5O3. The number of aromatic nitrogens is 2. The van der Waals surface area contributed by atoms with Gasteiger partial charge in [-0.15, -0.1) is 0 Å². The summed E-state index contributed by atoms with van der Waals surface area (Å²) < 4.78 is 5.01. The maximum atomic E-state index is 10.1. The molecule has 0 radical (unpaired) electrons. The first-order valence-electron chi connectivity index (χ1n) is 13.4. The average molecular weight is 550 g/mol. The Morgan fingerprint density at radius 3 is 2.48 bits per heavy atom. The smallest absolute Gasteiger partial charge is 0.123 e. The molecule has 8 heteroatoms. The van der Waals surface area contributed by atoms with E-state index in [1.807, 2.05) is 64.0 Å². The van der Waals surface area contributed by atoms with Gasteiger partial charge in [-0.05, 0) is 32.2 Å². The molecule has 218 valence electrons. The fourth-order valence-electron chi connectivity index (χ4n) is 3.49.